The summed E-state index contributed by atoms with van der Waals surface area (Å²) in [4.78, 5) is 26.6. The van der Waals surface area contributed by atoms with Gasteiger partial charge < -0.3 is 18.7 Å². The van der Waals surface area contributed by atoms with Gasteiger partial charge in [-0.1, -0.05) is 11.2 Å². The Morgan fingerprint density at radius 2 is 1.93 bits per heavy atom. The first kappa shape index (κ1) is 26.8. The minimum Gasteiger partial charge on any atom is -0.494 e. The van der Waals surface area contributed by atoms with Crippen LogP contribution >= 0.6 is 11.3 Å². The third-order valence-electron chi connectivity index (χ3n) is 8.58. The number of hydrogen-bond acceptors (Lipinski definition) is 7. The Hall–Kier alpha value is -4.05. The number of amides is 1. The van der Waals surface area contributed by atoms with Crippen molar-refractivity contribution >= 4 is 34.0 Å². The van der Waals surface area contributed by atoms with Crippen LogP contribution in [0, 0.1) is 26.6 Å². The second-order valence-electron chi connectivity index (χ2n) is 11.2. The fraction of sp³-hybridized carbons (Fsp3) is 0.375. The summed E-state index contributed by atoms with van der Waals surface area (Å²) < 4.78 is 27.8. The number of methoxy groups -OCH3 is 1. The van der Waals surface area contributed by atoms with E-state index in [0.717, 1.165) is 76.6 Å². The van der Waals surface area contributed by atoms with Crippen LogP contribution in [-0.4, -0.2) is 32.7 Å². The van der Waals surface area contributed by atoms with Gasteiger partial charge in [-0.25, -0.2) is 14.4 Å². The molecule has 1 fully saturated rings. The summed E-state index contributed by atoms with van der Waals surface area (Å²) in [6.45, 7) is 5.92. The molecule has 0 N–H and O–H groups in total. The van der Waals surface area contributed by atoms with Crippen molar-refractivity contribution in [3.63, 3.8) is 0 Å². The number of carbonyl (C=O) groups excluding carboxylic acids is 1. The average molecular weight is 586 g/mol. The van der Waals surface area contributed by atoms with Crippen molar-refractivity contribution in [3.8, 4) is 16.9 Å². The first-order chi connectivity index (χ1) is 20.3. The van der Waals surface area contributed by atoms with E-state index in [-0.39, 0.29) is 23.7 Å². The first-order valence-electron chi connectivity index (χ1n) is 14.4. The lowest BCUT2D eigenvalue weighted by Gasteiger charge is -2.37. The van der Waals surface area contributed by atoms with Gasteiger partial charge in [-0.3, -0.25) is 4.79 Å². The lowest BCUT2D eigenvalue weighted by molar-refractivity contribution is -0.120. The van der Waals surface area contributed by atoms with Crippen molar-refractivity contribution in [3.05, 3.63) is 75.1 Å². The zero-order valence-corrected chi connectivity index (χ0v) is 24.9. The highest BCUT2D eigenvalue weighted by Crippen LogP contribution is 2.42. The van der Waals surface area contributed by atoms with Crippen molar-refractivity contribution in [2.75, 3.05) is 12.0 Å². The summed E-state index contributed by atoms with van der Waals surface area (Å²) in [5, 5.41) is 5.24. The molecular weight excluding hydrogens is 553 g/mol. The Labute approximate surface area is 247 Å². The number of imidazole rings is 1. The number of nitrogens with zero attached hydrogens (tertiary/aromatic N) is 5. The molecule has 216 valence electrons. The van der Waals surface area contributed by atoms with Crippen LogP contribution < -0.4 is 9.64 Å². The second kappa shape index (κ2) is 10.3. The summed E-state index contributed by atoms with van der Waals surface area (Å²) in [7, 11) is 1.44. The molecule has 10 heteroatoms. The predicted octanol–water partition coefficient (Wildman–Crippen LogP) is 7.21. The lowest BCUT2D eigenvalue weighted by Crippen LogP contribution is -2.40. The SMILES string of the molecule is COc1ccc(N2C(=O)CCC[C@H]2c2nc3cc(-c4c(C)noc4C)ccc3n2[C@@H]2CCc3nc(C)sc3C2)cc1F. The highest BCUT2D eigenvalue weighted by molar-refractivity contribution is 7.11. The van der Waals surface area contributed by atoms with Gasteiger partial charge in [0.1, 0.15) is 11.6 Å². The quantitative estimate of drug-likeness (QED) is 0.217. The van der Waals surface area contributed by atoms with Crippen LogP contribution in [-0.2, 0) is 17.6 Å². The van der Waals surface area contributed by atoms with E-state index in [2.05, 4.69) is 34.8 Å². The number of aromatic nitrogens is 4. The molecule has 1 aliphatic carbocycles. The number of fused-ring (bicyclic) bond motifs is 2. The van der Waals surface area contributed by atoms with Crippen LogP contribution in [0.4, 0.5) is 10.1 Å². The van der Waals surface area contributed by atoms with E-state index < -0.39 is 5.82 Å². The molecule has 1 amide bonds. The molecule has 7 rings (SSSR count). The number of benzene rings is 2. The summed E-state index contributed by atoms with van der Waals surface area (Å²) >= 11 is 1.76. The van der Waals surface area contributed by atoms with Crippen LogP contribution in [0.3, 0.4) is 0 Å². The molecule has 1 saturated heterocycles. The standard InChI is InChI=1S/C32H32FN5O3S/c1-17-31(18(2)41-36-17)20-8-12-26-25(14-20)35-32(38(26)22-9-11-24-29(16-22)42-19(3)34-24)27-6-5-7-30(39)37(27)21-10-13-28(40-4)23(33)15-21/h8,10,12-15,22,27H,5-7,9,11,16H2,1-4H3/t22-,27+/m1/s1. The third kappa shape index (κ3) is 4.40. The van der Waals surface area contributed by atoms with Gasteiger partial charge in [0.2, 0.25) is 5.91 Å². The Kier molecular flexibility index (Phi) is 6.61. The number of ether oxygens (including phenoxy) is 1. The largest absolute Gasteiger partial charge is 0.494 e. The summed E-state index contributed by atoms with van der Waals surface area (Å²) in [6, 6.07) is 10.9. The van der Waals surface area contributed by atoms with E-state index in [1.54, 1.807) is 28.4 Å². The van der Waals surface area contributed by atoms with Crippen molar-refractivity contribution in [2.45, 2.75) is 71.4 Å². The van der Waals surface area contributed by atoms with Crippen LogP contribution in [0.25, 0.3) is 22.2 Å². The predicted molar refractivity (Wildman–Crippen MR) is 160 cm³/mol. The molecule has 1 aliphatic heterocycles. The van der Waals surface area contributed by atoms with Crippen LogP contribution in [0.5, 0.6) is 5.75 Å². The molecule has 0 unspecified atom stereocenters. The molecule has 0 radical (unpaired) electrons. The summed E-state index contributed by atoms with van der Waals surface area (Å²) in [5.41, 5.74) is 6.39. The van der Waals surface area contributed by atoms with Gasteiger partial charge in [0.15, 0.2) is 11.6 Å². The van der Waals surface area contributed by atoms with Gasteiger partial charge in [0.25, 0.3) is 0 Å². The molecule has 2 atom stereocenters. The van der Waals surface area contributed by atoms with E-state index in [0.29, 0.717) is 12.1 Å². The van der Waals surface area contributed by atoms with Crippen LogP contribution in [0.15, 0.2) is 40.9 Å². The number of aryl methyl sites for hydroxylation is 4. The van der Waals surface area contributed by atoms with E-state index in [1.165, 1.54) is 23.7 Å². The zero-order chi connectivity index (χ0) is 29.1. The van der Waals surface area contributed by atoms with Crippen molar-refractivity contribution < 1.29 is 18.4 Å². The fourth-order valence-electron chi connectivity index (χ4n) is 6.74. The molecule has 0 bridgehead atoms. The summed E-state index contributed by atoms with van der Waals surface area (Å²) in [6.07, 6.45) is 4.58. The van der Waals surface area contributed by atoms with E-state index in [1.807, 2.05) is 13.8 Å². The molecule has 5 aromatic rings. The third-order valence-corrected chi connectivity index (χ3v) is 9.62. The Morgan fingerprint density at radius 3 is 2.69 bits per heavy atom. The van der Waals surface area contributed by atoms with E-state index >= 15 is 0 Å². The zero-order valence-electron chi connectivity index (χ0n) is 24.1. The second-order valence-corrected chi connectivity index (χ2v) is 12.5. The lowest BCUT2D eigenvalue weighted by atomic mass is 9.95. The monoisotopic (exact) mass is 585 g/mol. The molecule has 2 aromatic carbocycles. The topological polar surface area (TPSA) is 86.3 Å². The van der Waals surface area contributed by atoms with Gasteiger partial charge in [0.05, 0.1) is 40.6 Å². The van der Waals surface area contributed by atoms with Crippen molar-refractivity contribution in [2.24, 2.45) is 0 Å². The number of thiazole rings is 1. The smallest absolute Gasteiger partial charge is 0.227 e. The highest BCUT2D eigenvalue weighted by atomic mass is 32.1. The number of halogens is 1. The highest BCUT2D eigenvalue weighted by Gasteiger charge is 2.37. The minimum atomic E-state index is -0.495. The maximum absolute atomic E-state index is 14.9. The van der Waals surface area contributed by atoms with Gasteiger partial charge in [-0.15, -0.1) is 11.3 Å². The maximum atomic E-state index is 14.9. The van der Waals surface area contributed by atoms with Crippen LogP contribution in [0.1, 0.15) is 70.6 Å². The van der Waals surface area contributed by atoms with Crippen molar-refractivity contribution in [1.82, 2.24) is 19.7 Å². The number of hydrogen-bond donors (Lipinski definition) is 0. The molecule has 3 aromatic heterocycles. The molecular formula is C32H32FN5O3S. The molecule has 0 spiro atoms. The maximum Gasteiger partial charge on any atom is 0.227 e. The molecule has 2 aliphatic rings. The molecule has 0 saturated carbocycles. The number of rotatable bonds is 5. The van der Waals surface area contributed by atoms with E-state index in [9.17, 15) is 9.18 Å². The molecule has 4 heterocycles. The summed E-state index contributed by atoms with van der Waals surface area (Å²) in [5.74, 6) is 1.22. The molecule has 42 heavy (non-hydrogen) atoms. The Morgan fingerprint density at radius 1 is 1.07 bits per heavy atom. The Bertz CT molecular complexity index is 1820. The van der Waals surface area contributed by atoms with E-state index in [4.69, 9.17) is 19.2 Å². The fourth-order valence-corrected chi connectivity index (χ4v) is 7.79. The number of anilines is 1. The van der Waals surface area contributed by atoms with Crippen molar-refractivity contribution in [1.29, 1.82) is 0 Å². The van der Waals surface area contributed by atoms with Gasteiger partial charge >= 0.3 is 0 Å². The van der Waals surface area contributed by atoms with Gasteiger partial charge in [0, 0.05) is 41.1 Å². The van der Waals surface area contributed by atoms with Gasteiger partial charge in [-0.2, -0.15) is 0 Å². The Balaban J connectivity index is 1.39. The minimum absolute atomic E-state index is 0.0326. The average Bonchev–Trinajstić information content (AvgIpc) is 3.65. The van der Waals surface area contributed by atoms with Gasteiger partial charge in [-0.05, 0) is 76.3 Å². The first-order valence-corrected chi connectivity index (χ1v) is 15.2. The normalized spacial score (nSPS) is 19.0. The van der Waals surface area contributed by atoms with Crippen LogP contribution in [0.2, 0.25) is 0 Å². The molecule has 8 nitrogen and oxygen atoms in total. The number of piperidine rings is 1. The number of carbonyl (C=O) groups is 1.